The lowest BCUT2D eigenvalue weighted by Crippen LogP contribution is -2.49. The molecule has 234 valence electrons. The molecular formula is C34H36FN5O5. The Balaban J connectivity index is 1.48. The number of aryl methyl sites for hydroxylation is 1. The molecule has 10 nitrogen and oxygen atoms in total. The predicted molar refractivity (Wildman–Crippen MR) is 169 cm³/mol. The molecule has 2 aromatic carbocycles. The number of ketones is 1. The molecule has 45 heavy (non-hydrogen) atoms. The number of morpholine rings is 1. The Kier molecular flexibility index (Phi) is 8.90. The van der Waals surface area contributed by atoms with E-state index in [0.29, 0.717) is 45.0 Å². The fourth-order valence-electron chi connectivity index (χ4n) is 5.78. The summed E-state index contributed by atoms with van der Waals surface area (Å²) >= 11 is 0. The van der Waals surface area contributed by atoms with Crippen molar-refractivity contribution in [2.45, 2.75) is 32.4 Å². The number of hydrogen-bond donors (Lipinski definition) is 0. The lowest BCUT2D eigenvalue weighted by atomic mass is 10.1. The molecule has 2 aromatic heterocycles. The number of piperazine rings is 1. The molecule has 4 aromatic rings. The fraction of sp³-hybridized carbons (Fsp3) is 0.353. The molecule has 0 bridgehead atoms. The normalized spacial score (nSPS) is 17.6. The molecule has 6 rings (SSSR count). The molecule has 0 saturated carbocycles. The summed E-state index contributed by atoms with van der Waals surface area (Å²) in [5.74, 6) is -1.02. The molecule has 4 heterocycles. The van der Waals surface area contributed by atoms with Gasteiger partial charge in [0.15, 0.2) is 17.1 Å². The Morgan fingerprint density at radius 1 is 1.04 bits per heavy atom. The number of Topliss-reactive ketones (excluding diaryl/α,β-unsaturated/α-hetero) is 1. The van der Waals surface area contributed by atoms with Crippen LogP contribution in [-0.4, -0.2) is 78.5 Å². The summed E-state index contributed by atoms with van der Waals surface area (Å²) in [6.07, 6.45) is 2.07. The van der Waals surface area contributed by atoms with Crippen molar-refractivity contribution in [2.75, 3.05) is 56.2 Å². The van der Waals surface area contributed by atoms with Crippen LogP contribution in [0, 0.1) is 5.82 Å². The summed E-state index contributed by atoms with van der Waals surface area (Å²) in [5, 5.41) is 0. The van der Waals surface area contributed by atoms with Crippen molar-refractivity contribution in [1.29, 1.82) is 0 Å². The first-order valence-electron chi connectivity index (χ1n) is 15.2. The van der Waals surface area contributed by atoms with Gasteiger partial charge in [0.05, 0.1) is 31.1 Å². The summed E-state index contributed by atoms with van der Waals surface area (Å²) in [4.78, 5) is 52.0. The average Bonchev–Trinajstić information content (AvgIpc) is 3.04. The number of halogens is 1. The molecule has 1 amide bonds. The van der Waals surface area contributed by atoms with Gasteiger partial charge in [0.1, 0.15) is 12.4 Å². The van der Waals surface area contributed by atoms with Crippen LogP contribution >= 0.6 is 0 Å². The molecule has 0 spiro atoms. The number of carbonyl (C=O) groups excluding carboxylic acids is 2. The first-order chi connectivity index (χ1) is 21.8. The molecule has 2 aliphatic rings. The van der Waals surface area contributed by atoms with Gasteiger partial charge in [-0.1, -0.05) is 42.5 Å². The molecule has 2 fully saturated rings. The van der Waals surface area contributed by atoms with Crippen molar-refractivity contribution in [2.24, 2.45) is 0 Å². The second-order valence-corrected chi connectivity index (χ2v) is 11.6. The van der Waals surface area contributed by atoms with E-state index in [4.69, 9.17) is 14.5 Å². The number of fused-ring (bicyclic) bond motifs is 1. The van der Waals surface area contributed by atoms with E-state index >= 15 is 0 Å². The van der Waals surface area contributed by atoms with Gasteiger partial charge in [0.2, 0.25) is 11.7 Å². The molecule has 2 saturated heterocycles. The minimum absolute atomic E-state index is 0.0299. The third-order valence-corrected chi connectivity index (χ3v) is 8.29. The van der Waals surface area contributed by atoms with E-state index in [1.54, 1.807) is 23.2 Å². The van der Waals surface area contributed by atoms with Crippen LogP contribution in [0.5, 0.6) is 5.75 Å². The SMILES string of the molecule is CC1COCCN1c1cc(N2CCN(C)CC2=O)c2nc(C(=O)CCc3ccc(F)cc3)c(OCc3ccccc3)c(=O)n2c1. The van der Waals surface area contributed by atoms with Crippen LogP contribution in [0.2, 0.25) is 0 Å². The topological polar surface area (TPSA) is 96.7 Å². The zero-order valence-corrected chi connectivity index (χ0v) is 25.4. The zero-order chi connectivity index (χ0) is 31.5. The highest BCUT2D eigenvalue weighted by Crippen LogP contribution is 2.31. The Morgan fingerprint density at radius 3 is 2.56 bits per heavy atom. The van der Waals surface area contributed by atoms with Crippen molar-refractivity contribution in [3.63, 3.8) is 0 Å². The number of carbonyl (C=O) groups is 2. The van der Waals surface area contributed by atoms with E-state index in [-0.39, 0.29) is 60.2 Å². The Hall–Kier alpha value is -4.61. The number of nitrogens with zero attached hydrogens (tertiary/aromatic N) is 5. The van der Waals surface area contributed by atoms with Crippen molar-refractivity contribution < 1.29 is 23.5 Å². The van der Waals surface area contributed by atoms with Gasteiger partial charge in [-0.2, -0.15) is 0 Å². The van der Waals surface area contributed by atoms with Gasteiger partial charge >= 0.3 is 5.56 Å². The molecule has 0 aliphatic carbocycles. The molecule has 11 heteroatoms. The standard InChI is InChI=1S/C34H36FN5O5/c1-23-21-44-17-16-38(23)27-18-28(39-15-14-37(2)20-30(39)42)33-36-31(29(41)13-10-24-8-11-26(35)12-9-24)32(34(43)40(33)19-27)45-22-25-6-4-3-5-7-25/h3-9,11-12,18-19,23H,10,13-17,20-22H2,1-2H3. The minimum Gasteiger partial charge on any atom is -0.481 e. The van der Waals surface area contributed by atoms with Gasteiger partial charge in [-0.05, 0) is 49.7 Å². The predicted octanol–water partition coefficient (Wildman–Crippen LogP) is 3.73. The van der Waals surface area contributed by atoms with Gasteiger partial charge in [-0.25, -0.2) is 9.37 Å². The molecule has 0 N–H and O–H groups in total. The largest absolute Gasteiger partial charge is 0.481 e. The van der Waals surface area contributed by atoms with Crippen LogP contribution in [0.3, 0.4) is 0 Å². The van der Waals surface area contributed by atoms with E-state index in [9.17, 15) is 18.8 Å². The number of pyridine rings is 1. The Labute approximate surface area is 260 Å². The quantitative estimate of drug-likeness (QED) is 0.264. The molecule has 1 atom stereocenters. The van der Waals surface area contributed by atoms with E-state index in [1.165, 1.54) is 16.5 Å². The van der Waals surface area contributed by atoms with E-state index in [1.807, 2.05) is 55.3 Å². The van der Waals surface area contributed by atoms with Crippen LogP contribution < -0.4 is 20.1 Å². The maximum absolute atomic E-state index is 14.3. The number of hydrogen-bond acceptors (Lipinski definition) is 8. The maximum Gasteiger partial charge on any atom is 0.301 e. The Morgan fingerprint density at radius 2 is 1.82 bits per heavy atom. The summed E-state index contributed by atoms with van der Waals surface area (Å²) in [7, 11) is 1.89. The second-order valence-electron chi connectivity index (χ2n) is 11.6. The third-order valence-electron chi connectivity index (χ3n) is 8.29. The van der Waals surface area contributed by atoms with Gasteiger partial charge in [-0.15, -0.1) is 0 Å². The molecule has 1 unspecified atom stereocenters. The molecule has 2 aliphatic heterocycles. The monoisotopic (exact) mass is 613 g/mol. The highest BCUT2D eigenvalue weighted by Gasteiger charge is 2.30. The number of benzene rings is 2. The number of aromatic nitrogens is 2. The van der Waals surface area contributed by atoms with Crippen LogP contribution in [0.1, 0.15) is 35.0 Å². The maximum atomic E-state index is 14.3. The second kappa shape index (κ2) is 13.2. The van der Waals surface area contributed by atoms with Crippen LogP contribution in [0.25, 0.3) is 5.65 Å². The van der Waals surface area contributed by atoms with Crippen LogP contribution in [-0.2, 0) is 22.6 Å². The zero-order valence-electron chi connectivity index (χ0n) is 25.4. The highest BCUT2D eigenvalue weighted by atomic mass is 19.1. The smallest absolute Gasteiger partial charge is 0.301 e. The number of anilines is 2. The van der Waals surface area contributed by atoms with Crippen molar-refractivity contribution in [3.8, 4) is 5.75 Å². The van der Waals surface area contributed by atoms with Gasteiger partial charge < -0.3 is 19.3 Å². The van der Waals surface area contributed by atoms with Crippen molar-refractivity contribution >= 4 is 28.7 Å². The van der Waals surface area contributed by atoms with E-state index in [0.717, 1.165) is 16.8 Å². The molecular weight excluding hydrogens is 577 g/mol. The summed E-state index contributed by atoms with van der Waals surface area (Å²) in [5.41, 5.74) is 2.39. The first kappa shape index (κ1) is 30.4. The third kappa shape index (κ3) is 6.59. The average molecular weight is 614 g/mol. The lowest BCUT2D eigenvalue weighted by Gasteiger charge is -2.37. The minimum atomic E-state index is -0.536. The Bertz CT molecular complexity index is 1760. The summed E-state index contributed by atoms with van der Waals surface area (Å²) in [6.45, 7) is 5.05. The molecule has 0 radical (unpaired) electrons. The number of ether oxygens (including phenoxy) is 2. The lowest BCUT2D eigenvalue weighted by molar-refractivity contribution is -0.120. The summed E-state index contributed by atoms with van der Waals surface area (Å²) < 4.78 is 26.6. The van der Waals surface area contributed by atoms with Crippen molar-refractivity contribution in [1.82, 2.24) is 14.3 Å². The van der Waals surface area contributed by atoms with Crippen molar-refractivity contribution in [3.05, 3.63) is 99.9 Å². The fourth-order valence-corrected chi connectivity index (χ4v) is 5.78. The van der Waals surface area contributed by atoms with Crippen LogP contribution in [0.4, 0.5) is 15.8 Å². The number of amides is 1. The van der Waals surface area contributed by atoms with E-state index in [2.05, 4.69) is 4.90 Å². The van der Waals surface area contributed by atoms with Gasteiger partial charge in [0.25, 0.3) is 0 Å². The van der Waals surface area contributed by atoms with Crippen LogP contribution in [0.15, 0.2) is 71.7 Å². The summed E-state index contributed by atoms with van der Waals surface area (Å²) in [6, 6.07) is 17.2. The first-order valence-corrected chi connectivity index (χ1v) is 15.2. The number of rotatable bonds is 9. The van der Waals surface area contributed by atoms with Gasteiger partial charge in [0, 0.05) is 38.3 Å². The van der Waals surface area contributed by atoms with E-state index < -0.39 is 5.56 Å². The highest BCUT2D eigenvalue weighted by molar-refractivity contribution is 6.01. The van der Waals surface area contributed by atoms with Gasteiger partial charge in [-0.3, -0.25) is 23.7 Å². The number of likely N-dealkylation sites (N-methyl/N-ethyl adjacent to an activating group) is 1.